The van der Waals surface area contributed by atoms with Crippen LogP contribution in [0.2, 0.25) is 0 Å². The van der Waals surface area contributed by atoms with Crippen LogP contribution in [-0.2, 0) is 0 Å². The number of fused-ring (bicyclic) bond motifs is 3. The molecule has 2 aromatic carbocycles. The number of thiophene rings is 1. The third-order valence-corrected chi connectivity index (χ3v) is 3.97. The van der Waals surface area contributed by atoms with Crippen molar-refractivity contribution < 1.29 is 26.7 Å². The lowest BCUT2D eigenvalue weighted by atomic mass is 10.1. The summed E-state index contributed by atoms with van der Waals surface area (Å²) in [6.07, 6.45) is -4.98. The second kappa shape index (κ2) is 4.31. The predicted molar refractivity (Wildman–Crippen MR) is 65.9 cm³/mol. The van der Waals surface area contributed by atoms with Crippen molar-refractivity contribution in [3.63, 3.8) is 0 Å². The van der Waals surface area contributed by atoms with Crippen molar-refractivity contribution in [1.29, 1.82) is 0 Å². The van der Waals surface area contributed by atoms with E-state index in [1.165, 1.54) is 18.2 Å². The molecule has 0 bridgehead atoms. The number of hydrogen-bond donors (Lipinski definition) is 0. The molecule has 1 nitrogen and oxygen atoms in total. The van der Waals surface area contributed by atoms with Crippen LogP contribution in [-0.4, -0.2) is 6.36 Å². The Balaban J connectivity index is 2.28. The van der Waals surface area contributed by atoms with Gasteiger partial charge < -0.3 is 4.74 Å². The molecule has 0 aliphatic heterocycles. The van der Waals surface area contributed by atoms with Crippen LogP contribution in [0.1, 0.15) is 0 Å². The van der Waals surface area contributed by atoms with Crippen molar-refractivity contribution in [2.24, 2.45) is 0 Å². The standard InChI is InChI=1S/C13H5F5OS/c14-8-3-1-2-6-7-4-5-9(19-13(16,17)18)10(15)12(7)20-11(6)8/h1-5H. The van der Waals surface area contributed by atoms with Gasteiger partial charge in [-0.1, -0.05) is 12.1 Å². The van der Waals surface area contributed by atoms with Gasteiger partial charge in [0.2, 0.25) is 0 Å². The molecular weight excluding hydrogens is 299 g/mol. The topological polar surface area (TPSA) is 9.23 Å². The van der Waals surface area contributed by atoms with Crippen LogP contribution in [0.5, 0.6) is 5.75 Å². The van der Waals surface area contributed by atoms with Gasteiger partial charge in [0, 0.05) is 10.8 Å². The normalized spacial score (nSPS) is 12.2. The molecule has 3 aromatic rings. The third-order valence-electron chi connectivity index (χ3n) is 2.75. The van der Waals surface area contributed by atoms with E-state index < -0.39 is 23.7 Å². The maximum absolute atomic E-state index is 14.0. The number of alkyl halides is 3. The van der Waals surface area contributed by atoms with E-state index in [1.54, 1.807) is 6.07 Å². The summed E-state index contributed by atoms with van der Waals surface area (Å²) in [6, 6.07) is 6.44. The Kier molecular flexibility index (Phi) is 2.82. The van der Waals surface area contributed by atoms with E-state index >= 15 is 0 Å². The minimum absolute atomic E-state index is 0.0631. The number of hydrogen-bond acceptors (Lipinski definition) is 2. The summed E-state index contributed by atoms with van der Waals surface area (Å²) in [5.41, 5.74) is 0. The number of ether oxygens (including phenoxy) is 1. The zero-order valence-electron chi connectivity index (χ0n) is 9.59. The predicted octanol–water partition coefficient (Wildman–Crippen LogP) is 5.23. The number of halogens is 5. The van der Waals surface area contributed by atoms with Crippen LogP contribution in [0.25, 0.3) is 20.2 Å². The van der Waals surface area contributed by atoms with Crippen molar-refractivity contribution in [3.8, 4) is 5.75 Å². The number of benzene rings is 2. The summed E-state index contributed by atoms with van der Waals surface area (Å²) >= 11 is 0.758. The summed E-state index contributed by atoms with van der Waals surface area (Å²) < 4.78 is 67.8. The minimum atomic E-state index is -4.98. The second-order valence-electron chi connectivity index (χ2n) is 4.02. The van der Waals surface area contributed by atoms with Crippen LogP contribution in [0.3, 0.4) is 0 Å². The van der Waals surface area contributed by atoms with Gasteiger partial charge in [-0.05, 0) is 18.2 Å². The maximum Gasteiger partial charge on any atom is 0.573 e. The van der Waals surface area contributed by atoms with Crippen molar-refractivity contribution in [1.82, 2.24) is 0 Å². The van der Waals surface area contributed by atoms with Gasteiger partial charge in [0.25, 0.3) is 0 Å². The van der Waals surface area contributed by atoms with Gasteiger partial charge in [0.1, 0.15) is 5.82 Å². The highest BCUT2D eigenvalue weighted by Gasteiger charge is 2.33. The zero-order valence-corrected chi connectivity index (χ0v) is 10.4. The van der Waals surface area contributed by atoms with Gasteiger partial charge in [0.05, 0.1) is 9.40 Å². The fraction of sp³-hybridized carbons (Fsp3) is 0.0769. The van der Waals surface area contributed by atoms with Gasteiger partial charge in [-0.25, -0.2) is 8.78 Å². The lowest BCUT2D eigenvalue weighted by molar-refractivity contribution is -0.275. The van der Waals surface area contributed by atoms with E-state index in [2.05, 4.69) is 4.74 Å². The number of rotatable bonds is 1. The van der Waals surface area contributed by atoms with Gasteiger partial charge in [0.15, 0.2) is 11.6 Å². The Morgan fingerprint density at radius 3 is 2.30 bits per heavy atom. The van der Waals surface area contributed by atoms with Crippen LogP contribution in [0, 0.1) is 11.6 Å². The fourth-order valence-corrected chi connectivity index (χ4v) is 3.12. The van der Waals surface area contributed by atoms with Crippen LogP contribution < -0.4 is 4.74 Å². The average Bonchev–Trinajstić information content (AvgIpc) is 2.72. The van der Waals surface area contributed by atoms with Crippen molar-refractivity contribution >= 4 is 31.5 Å². The van der Waals surface area contributed by atoms with Gasteiger partial charge in [-0.15, -0.1) is 24.5 Å². The average molecular weight is 304 g/mol. The highest BCUT2D eigenvalue weighted by molar-refractivity contribution is 7.25. The SMILES string of the molecule is Fc1cccc2c1sc1c(F)c(OC(F)(F)F)ccc12. The fourth-order valence-electron chi connectivity index (χ4n) is 1.98. The third kappa shape index (κ3) is 2.07. The molecule has 3 rings (SSSR count). The van der Waals surface area contributed by atoms with Crippen molar-refractivity contribution in [2.75, 3.05) is 0 Å². The lowest BCUT2D eigenvalue weighted by Crippen LogP contribution is -2.17. The van der Waals surface area contributed by atoms with Gasteiger partial charge in [-0.3, -0.25) is 0 Å². The first-order chi connectivity index (χ1) is 9.37. The Morgan fingerprint density at radius 1 is 0.900 bits per heavy atom. The molecule has 0 saturated heterocycles. The van der Waals surface area contributed by atoms with Gasteiger partial charge >= 0.3 is 6.36 Å². The Labute approximate surface area is 113 Å². The summed E-state index contributed by atoms with van der Waals surface area (Å²) in [4.78, 5) is 0. The highest BCUT2D eigenvalue weighted by Crippen LogP contribution is 2.40. The van der Waals surface area contributed by atoms with E-state index in [4.69, 9.17) is 0 Å². The maximum atomic E-state index is 14.0. The molecule has 0 spiro atoms. The van der Waals surface area contributed by atoms with Crippen LogP contribution in [0.15, 0.2) is 30.3 Å². The monoisotopic (exact) mass is 304 g/mol. The Hall–Kier alpha value is -1.89. The zero-order chi connectivity index (χ0) is 14.5. The first-order valence-electron chi connectivity index (χ1n) is 5.42. The quantitative estimate of drug-likeness (QED) is 0.559. The molecule has 1 heterocycles. The van der Waals surface area contributed by atoms with E-state index in [9.17, 15) is 22.0 Å². The van der Waals surface area contributed by atoms with E-state index in [1.807, 2.05) is 0 Å². The molecular formula is C13H5F5OS. The van der Waals surface area contributed by atoms with Crippen molar-refractivity contribution in [2.45, 2.75) is 6.36 Å². The molecule has 20 heavy (non-hydrogen) atoms. The molecule has 1 aromatic heterocycles. The molecule has 7 heteroatoms. The molecule has 0 saturated carbocycles. The highest BCUT2D eigenvalue weighted by atomic mass is 32.1. The largest absolute Gasteiger partial charge is 0.573 e. The molecule has 0 aliphatic rings. The summed E-state index contributed by atoms with van der Waals surface area (Å²) in [6.45, 7) is 0. The van der Waals surface area contributed by atoms with Gasteiger partial charge in [-0.2, -0.15) is 0 Å². The Morgan fingerprint density at radius 2 is 1.60 bits per heavy atom. The molecule has 0 amide bonds. The molecule has 0 radical (unpaired) electrons. The van der Waals surface area contributed by atoms with E-state index in [-0.39, 0.29) is 9.40 Å². The van der Waals surface area contributed by atoms with Crippen LogP contribution in [0.4, 0.5) is 22.0 Å². The molecule has 104 valence electrons. The smallest absolute Gasteiger partial charge is 0.403 e. The van der Waals surface area contributed by atoms with E-state index in [0.29, 0.717) is 10.8 Å². The first kappa shape index (κ1) is 13.1. The summed E-state index contributed by atoms with van der Waals surface area (Å²) in [5, 5.41) is 0.819. The minimum Gasteiger partial charge on any atom is -0.403 e. The first-order valence-corrected chi connectivity index (χ1v) is 6.23. The second-order valence-corrected chi connectivity index (χ2v) is 5.04. The lowest BCUT2D eigenvalue weighted by Gasteiger charge is -2.09. The van der Waals surface area contributed by atoms with E-state index in [0.717, 1.165) is 17.4 Å². The molecule has 0 unspecified atom stereocenters. The molecule has 0 atom stereocenters. The Bertz CT molecular complexity index is 806. The van der Waals surface area contributed by atoms with Crippen LogP contribution >= 0.6 is 11.3 Å². The summed E-state index contributed by atoms with van der Waals surface area (Å²) in [7, 11) is 0. The summed E-state index contributed by atoms with van der Waals surface area (Å²) in [5.74, 6) is -2.60. The molecule has 0 fully saturated rings. The van der Waals surface area contributed by atoms with Crippen molar-refractivity contribution in [3.05, 3.63) is 42.0 Å². The molecule has 0 N–H and O–H groups in total. The molecule has 0 aliphatic carbocycles.